The summed E-state index contributed by atoms with van der Waals surface area (Å²) in [4.78, 5) is 0. The highest BCUT2D eigenvalue weighted by Crippen LogP contribution is 2.32. The number of rotatable bonds is 2. The van der Waals surface area contributed by atoms with Crippen LogP contribution < -0.4 is 5.32 Å². The number of hydrogen-bond donors (Lipinski definition) is 1. The molecule has 94 valence electrons. The van der Waals surface area contributed by atoms with Gasteiger partial charge < -0.3 is 5.32 Å². The molecule has 2 rings (SSSR count). The molecule has 1 aliphatic rings. The molecule has 17 heavy (non-hydrogen) atoms. The van der Waals surface area contributed by atoms with Gasteiger partial charge in [-0.15, -0.1) is 0 Å². The van der Waals surface area contributed by atoms with Crippen LogP contribution in [0.2, 0.25) is 5.02 Å². The van der Waals surface area contributed by atoms with E-state index in [0.29, 0.717) is 6.04 Å². The molecule has 1 nitrogen and oxygen atoms in total. The fourth-order valence-electron chi connectivity index (χ4n) is 2.89. The van der Waals surface area contributed by atoms with Gasteiger partial charge in [0, 0.05) is 16.2 Å². The normalized spacial score (nSPS) is 29.1. The molecule has 1 fully saturated rings. The molecule has 1 saturated carbocycles. The Kier molecular flexibility index (Phi) is 4.37. The van der Waals surface area contributed by atoms with Crippen molar-refractivity contribution in [3.63, 3.8) is 0 Å². The molecule has 0 bridgehead atoms. The Hall–Kier alpha value is -0.210. The monoisotopic (exact) mass is 315 g/mol. The maximum Gasteiger partial charge on any atom is 0.0549 e. The van der Waals surface area contributed by atoms with Gasteiger partial charge in [-0.25, -0.2) is 0 Å². The lowest BCUT2D eigenvalue weighted by Gasteiger charge is -2.32. The van der Waals surface area contributed by atoms with Crippen molar-refractivity contribution in [2.75, 3.05) is 5.32 Å². The third-order valence-corrected chi connectivity index (χ3v) is 4.68. The number of benzene rings is 1. The van der Waals surface area contributed by atoms with Crippen molar-refractivity contribution in [2.24, 2.45) is 11.8 Å². The second-order valence-corrected chi connectivity index (χ2v) is 6.65. The fourth-order valence-corrected chi connectivity index (χ4v) is 3.38. The molecule has 1 aromatic rings. The van der Waals surface area contributed by atoms with Gasteiger partial charge in [-0.3, -0.25) is 0 Å². The SMILES string of the molecule is CC1CC(C)CC(Nc2ccc(Cl)c(Br)c2)C1. The average molecular weight is 317 g/mol. The summed E-state index contributed by atoms with van der Waals surface area (Å²) in [7, 11) is 0. The molecular weight excluding hydrogens is 298 g/mol. The van der Waals surface area contributed by atoms with E-state index >= 15 is 0 Å². The van der Waals surface area contributed by atoms with Gasteiger partial charge in [0.1, 0.15) is 0 Å². The van der Waals surface area contributed by atoms with Gasteiger partial charge in [0.05, 0.1) is 5.02 Å². The Labute approximate surface area is 117 Å². The van der Waals surface area contributed by atoms with Crippen LogP contribution in [0.15, 0.2) is 22.7 Å². The van der Waals surface area contributed by atoms with E-state index in [1.165, 1.54) is 19.3 Å². The highest BCUT2D eigenvalue weighted by atomic mass is 79.9. The highest BCUT2D eigenvalue weighted by molar-refractivity contribution is 9.10. The highest BCUT2D eigenvalue weighted by Gasteiger charge is 2.23. The first kappa shape index (κ1) is 13.2. The van der Waals surface area contributed by atoms with E-state index < -0.39 is 0 Å². The van der Waals surface area contributed by atoms with E-state index in [4.69, 9.17) is 11.6 Å². The third-order valence-electron chi connectivity index (χ3n) is 3.47. The Balaban J connectivity index is 2.02. The van der Waals surface area contributed by atoms with Crippen LogP contribution in [0.5, 0.6) is 0 Å². The Morgan fingerprint density at radius 2 is 1.82 bits per heavy atom. The third kappa shape index (κ3) is 3.62. The van der Waals surface area contributed by atoms with Crippen LogP contribution in [0, 0.1) is 11.8 Å². The summed E-state index contributed by atoms with van der Waals surface area (Å²) in [5, 5.41) is 4.39. The Bertz CT molecular complexity index is 384. The van der Waals surface area contributed by atoms with Gasteiger partial charge in [0.2, 0.25) is 0 Å². The van der Waals surface area contributed by atoms with Crippen LogP contribution in [0.1, 0.15) is 33.1 Å². The van der Waals surface area contributed by atoms with Crippen LogP contribution in [-0.4, -0.2) is 6.04 Å². The van der Waals surface area contributed by atoms with Gasteiger partial charge in [0.25, 0.3) is 0 Å². The van der Waals surface area contributed by atoms with Gasteiger partial charge >= 0.3 is 0 Å². The molecule has 0 spiro atoms. The van der Waals surface area contributed by atoms with Crippen LogP contribution in [0.3, 0.4) is 0 Å². The Morgan fingerprint density at radius 3 is 2.41 bits per heavy atom. The topological polar surface area (TPSA) is 12.0 Å². The molecule has 1 N–H and O–H groups in total. The molecule has 0 aromatic heterocycles. The zero-order chi connectivity index (χ0) is 12.4. The van der Waals surface area contributed by atoms with Crippen molar-refractivity contribution in [3.05, 3.63) is 27.7 Å². The van der Waals surface area contributed by atoms with Gasteiger partial charge in [-0.05, 0) is 65.2 Å². The van der Waals surface area contributed by atoms with Gasteiger partial charge in [0.15, 0.2) is 0 Å². The minimum absolute atomic E-state index is 0.599. The maximum absolute atomic E-state index is 6.00. The minimum Gasteiger partial charge on any atom is -0.382 e. The summed E-state index contributed by atoms with van der Waals surface area (Å²) in [5.74, 6) is 1.65. The lowest BCUT2D eigenvalue weighted by atomic mass is 9.80. The first-order chi connectivity index (χ1) is 8.04. The van der Waals surface area contributed by atoms with Crippen molar-refractivity contribution in [2.45, 2.75) is 39.2 Å². The lowest BCUT2D eigenvalue weighted by Crippen LogP contribution is -2.30. The van der Waals surface area contributed by atoms with E-state index in [-0.39, 0.29) is 0 Å². The molecule has 0 saturated heterocycles. The number of nitrogens with one attached hydrogen (secondary N) is 1. The van der Waals surface area contributed by atoms with Crippen LogP contribution in [0.4, 0.5) is 5.69 Å². The second kappa shape index (κ2) is 5.62. The summed E-state index contributed by atoms with van der Waals surface area (Å²) in [6.45, 7) is 4.70. The van der Waals surface area contributed by atoms with Crippen molar-refractivity contribution >= 4 is 33.2 Å². The molecule has 2 unspecified atom stereocenters. The zero-order valence-electron chi connectivity index (χ0n) is 10.3. The van der Waals surface area contributed by atoms with E-state index in [0.717, 1.165) is 27.0 Å². The number of halogens is 2. The fraction of sp³-hybridized carbons (Fsp3) is 0.571. The molecule has 1 aromatic carbocycles. The maximum atomic E-state index is 6.00. The first-order valence-electron chi connectivity index (χ1n) is 6.26. The zero-order valence-corrected chi connectivity index (χ0v) is 12.7. The van der Waals surface area contributed by atoms with Gasteiger partial charge in [-0.1, -0.05) is 25.4 Å². The van der Waals surface area contributed by atoms with Gasteiger partial charge in [-0.2, -0.15) is 0 Å². The van der Waals surface area contributed by atoms with E-state index in [1.807, 2.05) is 6.07 Å². The van der Waals surface area contributed by atoms with E-state index in [9.17, 15) is 0 Å². The largest absolute Gasteiger partial charge is 0.382 e. The second-order valence-electron chi connectivity index (χ2n) is 5.39. The predicted octanol–water partition coefficient (Wildman–Crippen LogP) is 5.34. The van der Waals surface area contributed by atoms with E-state index in [1.54, 1.807) is 0 Å². The van der Waals surface area contributed by atoms with Crippen LogP contribution >= 0.6 is 27.5 Å². The minimum atomic E-state index is 0.599. The van der Waals surface area contributed by atoms with Crippen LogP contribution in [-0.2, 0) is 0 Å². The van der Waals surface area contributed by atoms with Crippen LogP contribution in [0.25, 0.3) is 0 Å². The first-order valence-corrected chi connectivity index (χ1v) is 7.43. The van der Waals surface area contributed by atoms with E-state index in [2.05, 4.69) is 47.2 Å². The predicted molar refractivity (Wildman–Crippen MR) is 78.7 cm³/mol. The number of hydrogen-bond acceptors (Lipinski definition) is 1. The smallest absolute Gasteiger partial charge is 0.0549 e. The standard InChI is InChI=1S/C14H19BrClN/c1-9-5-10(2)7-12(6-9)17-11-3-4-14(16)13(15)8-11/h3-4,8-10,12,17H,5-7H2,1-2H3. The quantitative estimate of drug-likeness (QED) is 0.776. The molecule has 0 aliphatic heterocycles. The molecule has 0 heterocycles. The molecule has 1 aliphatic carbocycles. The molecule has 3 heteroatoms. The summed E-state index contributed by atoms with van der Waals surface area (Å²) in [5.41, 5.74) is 1.16. The van der Waals surface area contributed by atoms with Crippen molar-refractivity contribution in [1.29, 1.82) is 0 Å². The number of anilines is 1. The molecule has 2 atom stereocenters. The summed E-state index contributed by atoms with van der Waals surface area (Å²) in [6.07, 6.45) is 3.90. The molecule has 0 amide bonds. The Morgan fingerprint density at radius 1 is 1.18 bits per heavy atom. The summed E-state index contributed by atoms with van der Waals surface area (Å²) in [6, 6.07) is 6.65. The summed E-state index contributed by atoms with van der Waals surface area (Å²) < 4.78 is 0.959. The van der Waals surface area contributed by atoms with Crippen molar-refractivity contribution in [3.8, 4) is 0 Å². The average Bonchev–Trinajstić information content (AvgIpc) is 2.22. The van der Waals surface area contributed by atoms with Crippen molar-refractivity contribution in [1.82, 2.24) is 0 Å². The lowest BCUT2D eigenvalue weighted by molar-refractivity contribution is 0.281. The summed E-state index contributed by atoms with van der Waals surface area (Å²) >= 11 is 9.46. The molecular formula is C14H19BrClN. The molecule has 0 radical (unpaired) electrons. The van der Waals surface area contributed by atoms with Crippen molar-refractivity contribution < 1.29 is 0 Å².